The molecule has 114 valence electrons. The predicted octanol–water partition coefficient (Wildman–Crippen LogP) is 5.06. The molecule has 3 nitrogen and oxygen atoms in total. The summed E-state index contributed by atoms with van der Waals surface area (Å²) in [7, 11) is 2.07. The van der Waals surface area contributed by atoms with Crippen LogP contribution in [0.2, 0.25) is 0 Å². The fourth-order valence-corrected chi connectivity index (χ4v) is 4.34. The van der Waals surface area contributed by atoms with Crippen molar-refractivity contribution in [1.82, 2.24) is 9.97 Å². The van der Waals surface area contributed by atoms with Crippen LogP contribution in [0.25, 0.3) is 20.7 Å². The summed E-state index contributed by atoms with van der Waals surface area (Å²) in [5, 5.41) is 2.13. The summed E-state index contributed by atoms with van der Waals surface area (Å²) >= 11 is 3.46. The number of aromatic nitrogens is 2. The maximum atomic E-state index is 4.70. The SMILES string of the molecule is CN(Cc1nc2ccccc2s1)c1ncc(-c2ccccc2)s1. The molecule has 0 amide bonds. The van der Waals surface area contributed by atoms with Crippen LogP contribution in [0.1, 0.15) is 5.01 Å². The van der Waals surface area contributed by atoms with E-state index in [2.05, 4.69) is 59.4 Å². The Balaban J connectivity index is 1.55. The van der Waals surface area contributed by atoms with E-state index in [1.807, 2.05) is 18.3 Å². The van der Waals surface area contributed by atoms with Gasteiger partial charge in [-0.05, 0) is 17.7 Å². The molecule has 0 saturated heterocycles. The second kappa shape index (κ2) is 6.10. The van der Waals surface area contributed by atoms with Gasteiger partial charge >= 0.3 is 0 Å². The number of nitrogens with zero attached hydrogens (tertiary/aromatic N) is 3. The second-order valence-electron chi connectivity index (χ2n) is 5.30. The number of thiazole rings is 2. The van der Waals surface area contributed by atoms with E-state index in [0.717, 1.165) is 22.2 Å². The maximum Gasteiger partial charge on any atom is 0.185 e. The van der Waals surface area contributed by atoms with E-state index in [0.29, 0.717) is 0 Å². The quantitative estimate of drug-likeness (QED) is 0.521. The van der Waals surface area contributed by atoms with Crippen LogP contribution < -0.4 is 4.90 Å². The smallest absolute Gasteiger partial charge is 0.185 e. The highest BCUT2D eigenvalue weighted by Gasteiger charge is 2.11. The van der Waals surface area contributed by atoms with Crippen LogP contribution in [0.4, 0.5) is 5.13 Å². The number of rotatable bonds is 4. The van der Waals surface area contributed by atoms with Crippen LogP contribution in [0.5, 0.6) is 0 Å². The van der Waals surface area contributed by atoms with E-state index in [4.69, 9.17) is 4.98 Å². The van der Waals surface area contributed by atoms with Crippen LogP contribution in [0.3, 0.4) is 0 Å². The van der Waals surface area contributed by atoms with Crippen molar-refractivity contribution in [3.8, 4) is 10.4 Å². The van der Waals surface area contributed by atoms with Gasteiger partial charge in [0.15, 0.2) is 5.13 Å². The fourth-order valence-electron chi connectivity index (χ4n) is 2.44. The molecule has 0 fully saturated rings. The third-order valence-corrected chi connectivity index (χ3v) is 5.77. The van der Waals surface area contributed by atoms with Gasteiger partial charge in [-0.15, -0.1) is 11.3 Å². The molecule has 23 heavy (non-hydrogen) atoms. The summed E-state index contributed by atoms with van der Waals surface area (Å²) in [5.41, 5.74) is 2.29. The molecule has 2 aromatic heterocycles. The number of benzene rings is 2. The van der Waals surface area contributed by atoms with E-state index in [1.54, 1.807) is 22.7 Å². The van der Waals surface area contributed by atoms with Crippen molar-refractivity contribution in [3.63, 3.8) is 0 Å². The van der Waals surface area contributed by atoms with E-state index in [9.17, 15) is 0 Å². The summed E-state index contributed by atoms with van der Waals surface area (Å²) in [6, 6.07) is 18.6. The molecule has 0 radical (unpaired) electrons. The summed E-state index contributed by atoms with van der Waals surface area (Å²) < 4.78 is 1.24. The van der Waals surface area contributed by atoms with Gasteiger partial charge in [-0.25, -0.2) is 9.97 Å². The highest BCUT2D eigenvalue weighted by molar-refractivity contribution is 7.19. The molecule has 0 aliphatic rings. The molecule has 0 atom stereocenters. The van der Waals surface area contributed by atoms with Crippen molar-refractivity contribution in [3.05, 3.63) is 65.8 Å². The molecule has 0 aliphatic heterocycles. The summed E-state index contributed by atoms with van der Waals surface area (Å²) in [4.78, 5) is 12.6. The van der Waals surface area contributed by atoms with Gasteiger partial charge in [-0.3, -0.25) is 0 Å². The van der Waals surface area contributed by atoms with Gasteiger partial charge in [0.2, 0.25) is 0 Å². The van der Waals surface area contributed by atoms with Gasteiger partial charge < -0.3 is 4.90 Å². The lowest BCUT2D eigenvalue weighted by atomic mass is 10.2. The number of hydrogen-bond acceptors (Lipinski definition) is 5. The van der Waals surface area contributed by atoms with E-state index >= 15 is 0 Å². The third-order valence-electron chi connectivity index (χ3n) is 3.59. The van der Waals surface area contributed by atoms with Crippen LogP contribution in [-0.2, 0) is 6.54 Å². The van der Waals surface area contributed by atoms with Crippen LogP contribution >= 0.6 is 22.7 Å². The van der Waals surface area contributed by atoms with Crippen molar-refractivity contribution < 1.29 is 0 Å². The van der Waals surface area contributed by atoms with E-state index < -0.39 is 0 Å². The minimum atomic E-state index is 0.779. The second-order valence-corrected chi connectivity index (χ2v) is 7.43. The zero-order valence-electron chi connectivity index (χ0n) is 12.6. The van der Waals surface area contributed by atoms with Crippen molar-refractivity contribution in [2.45, 2.75) is 6.54 Å². The van der Waals surface area contributed by atoms with Gasteiger partial charge in [0, 0.05) is 13.2 Å². The van der Waals surface area contributed by atoms with Crippen molar-refractivity contribution in [1.29, 1.82) is 0 Å². The highest BCUT2D eigenvalue weighted by atomic mass is 32.1. The molecule has 0 aliphatic carbocycles. The topological polar surface area (TPSA) is 29.0 Å². The van der Waals surface area contributed by atoms with Gasteiger partial charge in [-0.1, -0.05) is 53.8 Å². The van der Waals surface area contributed by atoms with Crippen LogP contribution in [-0.4, -0.2) is 17.0 Å². The van der Waals surface area contributed by atoms with E-state index in [1.165, 1.54) is 15.1 Å². The lowest BCUT2D eigenvalue weighted by Crippen LogP contribution is -2.15. The van der Waals surface area contributed by atoms with Crippen LogP contribution in [0.15, 0.2) is 60.8 Å². The summed E-state index contributed by atoms with van der Waals surface area (Å²) in [5.74, 6) is 0. The molecule has 2 heterocycles. The standard InChI is InChI=1S/C18H15N3S2/c1-21(12-17-20-14-9-5-6-10-15(14)22-17)18-19-11-16(23-18)13-7-3-2-4-8-13/h2-11H,12H2,1H3. The Bertz CT molecular complexity index is 895. The lowest BCUT2D eigenvalue weighted by Gasteiger charge is -2.13. The van der Waals surface area contributed by atoms with Crippen molar-refractivity contribution in [2.75, 3.05) is 11.9 Å². The number of fused-ring (bicyclic) bond motifs is 1. The van der Waals surface area contributed by atoms with Crippen LogP contribution in [0, 0.1) is 0 Å². The molecule has 0 spiro atoms. The summed E-state index contributed by atoms with van der Waals surface area (Å²) in [6.07, 6.45) is 1.95. The van der Waals surface area contributed by atoms with Crippen molar-refractivity contribution in [2.24, 2.45) is 0 Å². The Morgan fingerprint density at radius 1 is 0.957 bits per heavy atom. The zero-order valence-corrected chi connectivity index (χ0v) is 14.3. The van der Waals surface area contributed by atoms with Crippen molar-refractivity contribution >= 4 is 38.0 Å². The summed E-state index contributed by atoms with van der Waals surface area (Å²) in [6.45, 7) is 0.779. The molecule has 4 rings (SSSR count). The first-order valence-corrected chi connectivity index (χ1v) is 9.00. The first-order valence-electron chi connectivity index (χ1n) is 7.36. The average molecular weight is 337 g/mol. The molecule has 5 heteroatoms. The number of hydrogen-bond donors (Lipinski definition) is 0. The molecule has 0 N–H and O–H groups in total. The van der Waals surface area contributed by atoms with Gasteiger partial charge in [0.25, 0.3) is 0 Å². The fraction of sp³-hybridized carbons (Fsp3) is 0.111. The number of anilines is 1. The molecular formula is C18H15N3S2. The Morgan fingerprint density at radius 2 is 1.74 bits per heavy atom. The lowest BCUT2D eigenvalue weighted by molar-refractivity contribution is 0.907. The molecule has 0 bridgehead atoms. The average Bonchev–Trinajstić information content (AvgIpc) is 3.22. The minimum absolute atomic E-state index is 0.779. The molecule has 2 aromatic carbocycles. The Morgan fingerprint density at radius 3 is 2.57 bits per heavy atom. The highest BCUT2D eigenvalue weighted by Crippen LogP contribution is 2.31. The van der Waals surface area contributed by atoms with E-state index in [-0.39, 0.29) is 0 Å². The Hall–Kier alpha value is -2.24. The molecular weight excluding hydrogens is 322 g/mol. The number of para-hydroxylation sites is 1. The van der Waals surface area contributed by atoms with Gasteiger partial charge in [-0.2, -0.15) is 0 Å². The van der Waals surface area contributed by atoms with Gasteiger partial charge in [0.05, 0.1) is 21.6 Å². The first kappa shape index (κ1) is 14.4. The minimum Gasteiger partial charge on any atom is -0.344 e. The molecule has 0 saturated carbocycles. The third kappa shape index (κ3) is 2.98. The van der Waals surface area contributed by atoms with Gasteiger partial charge in [0.1, 0.15) is 5.01 Å². The Kier molecular flexibility index (Phi) is 3.81. The monoisotopic (exact) mass is 337 g/mol. The maximum absolute atomic E-state index is 4.70. The molecule has 0 unspecified atom stereocenters. The first-order chi connectivity index (χ1) is 11.3. The normalized spacial score (nSPS) is 11.0. The largest absolute Gasteiger partial charge is 0.344 e. The predicted molar refractivity (Wildman–Crippen MR) is 99.3 cm³/mol. The molecule has 4 aromatic rings. The Labute approximate surface area is 142 Å². The zero-order chi connectivity index (χ0) is 15.6.